The van der Waals surface area contributed by atoms with Crippen molar-refractivity contribution < 1.29 is 23.8 Å². The molecule has 2 N–H and O–H groups in total. The molecular formula is C23H29FN2O4. The van der Waals surface area contributed by atoms with Crippen LogP contribution in [0, 0.1) is 5.82 Å². The third-order valence-corrected chi connectivity index (χ3v) is 5.41. The Morgan fingerprint density at radius 1 is 1.33 bits per heavy atom. The van der Waals surface area contributed by atoms with Crippen molar-refractivity contribution in [1.29, 1.82) is 0 Å². The zero-order valence-corrected chi connectivity index (χ0v) is 17.4. The molecule has 3 rings (SSSR count). The van der Waals surface area contributed by atoms with Crippen LogP contribution in [-0.2, 0) is 14.3 Å². The molecule has 1 aliphatic heterocycles. The molecular weight excluding hydrogens is 387 g/mol. The summed E-state index contributed by atoms with van der Waals surface area (Å²) in [7, 11) is 1.57. The second-order valence-corrected chi connectivity index (χ2v) is 7.49. The highest BCUT2D eigenvalue weighted by Gasteiger charge is 2.25. The molecule has 6 nitrogen and oxygen atoms in total. The van der Waals surface area contributed by atoms with Crippen LogP contribution >= 0.6 is 0 Å². The first-order valence-electron chi connectivity index (χ1n) is 10.2. The van der Waals surface area contributed by atoms with Crippen molar-refractivity contribution in [2.45, 2.75) is 31.7 Å². The lowest BCUT2D eigenvalue weighted by molar-refractivity contribution is -0.137. The molecule has 0 saturated carbocycles. The lowest BCUT2D eigenvalue weighted by Gasteiger charge is -2.38. The molecule has 0 aliphatic carbocycles. The number of nitrogens with one attached hydrogen (secondary N) is 1. The first-order valence-corrected chi connectivity index (χ1v) is 10.2. The monoisotopic (exact) mass is 416 g/mol. The number of morpholine rings is 1. The lowest BCUT2D eigenvalue weighted by Crippen LogP contribution is -2.45. The van der Waals surface area contributed by atoms with E-state index >= 15 is 0 Å². The molecule has 2 aromatic rings. The number of nitrogens with zero attached hydrogens (tertiary/aromatic N) is 1. The molecule has 1 aliphatic rings. The molecule has 1 unspecified atom stereocenters. The molecule has 162 valence electrons. The molecule has 2 aromatic carbocycles. The van der Waals surface area contributed by atoms with E-state index in [1.54, 1.807) is 19.2 Å². The van der Waals surface area contributed by atoms with Gasteiger partial charge in [0.05, 0.1) is 43.7 Å². The minimum atomic E-state index is -0.867. The Morgan fingerprint density at radius 2 is 2.10 bits per heavy atom. The van der Waals surface area contributed by atoms with E-state index in [0.717, 1.165) is 35.6 Å². The van der Waals surface area contributed by atoms with E-state index in [2.05, 4.69) is 17.1 Å². The van der Waals surface area contributed by atoms with E-state index in [0.29, 0.717) is 19.8 Å². The van der Waals surface area contributed by atoms with Gasteiger partial charge in [-0.1, -0.05) is 13.0 Å². The molecule has 1 fully saturated rings. The lowest BCUT2D eigenvalue weighted by atomic mass is 9.95. The number of benzene rings is 2. The summed E-state index contributed by atoms with van der Waals surface area (Å²) in [6.07, 6.45) is 0.932. The van der Waals surface area contributed by atoms with Gasteiger partial charge in [0.2, 0.25) is 0 Å². The second kappa shape index (κ2) is 10.4. The highest BCUT2D eigenvalue weighted by molar-refractivity contribution is 5.77. The average Bonchev–Trinajstić information content (AvgIpc) is 2.75. The number of halogens is 1. The van der Waals surface area contributed by atoms with Gasteiger partial charge in [-0.2, -0.15) is 0 Å². The Bertz CT molecular complexity index is 844. The SMILES string of the molecule is CCC1COCCN1c1ccc([C@@H](COC)CC(=O)O)cc1Nc1ccc(F)cc1. The number of carboxylic acid groups (broad SMARTS) is 1. The van der Waals surface area contributed by atoms with Crippen molar-refractivity contribution >= 4 is 23.0 Å². The Labute approximate surface area is 176 Å². The van der Waals surface area contributed by atoms with Gasteiger partial charge in [-0.3, -0.25) is 4.79 Å². The Morgan fingerprint density at radius 3 is 2.77 bits per heavy atom. The molecule has 0 spiro atoms. The maximum atomic E-state index is 13.3. The van der Waals surface area contributed by atoms with Gasteiger partial charge in [-0.15, -0.1) is 0 Å². The summed E-state index contributed by atoms with van der Waals surface area (Å²) < 4.78 is 24.3. The number of ether oxygens (including phenoxy) is 2. The Balaban J connectivity index is 1.99. The number of aliphatic carboxylic acids is 1. The number of anilines is 3. The fourth-order valence-corrected chi connectivity index (χ4v) is 3.84. The van der Waals surface area contributed by atoms with Crippen LogP contribution in [0.2, 0.25) is 0 Å². The number of hydrogen-bond donors (Lipinski definition) is 2. The molecule has 0 aromatic heterocycles. The second-order valence-electron chi connectivity index (χ2n) is 7.49. The highest BCUT2D eigenvalue weighted by atomic mass is 19.1. The third kappa shape index (κ3) is 5.49. The molecule has 1 saturated heterocycles. The van der Waals surface area contributed by atoms with Crippen LogP contribution in [0.1, 0.15) is 31.2 Å². The molecule has 7 heteroatoms. The van der Waals surface area contributed by atoms with Crippen LogP contribution in [0.4, 0.5) is 21.5 Å². The summed E-state index contributed by atoms with van der Waals surface area (Å²) in [6, 6.07) is 12.4. The van der Waals surface area contributed by atoms with Crippen LogP contribution in [-0.4, -0.2) is 50.6 Å². The highest BCUT2D eigenvalue weighted by Crippen LogP contribution is 2.35. The maximum absolute atomic E-state index is 13.3. The zero-order valence-electron chi connectivity index (χ0n) is 17.4. The van der Waals surface area contributed by atoms with Crippen LogP contribution in [0.25, 0.3) is 0 Å². The minimum absolute atomic E-state index is 0.0156. The first kappa shape index (κ1) is 22.1. The van der Waals surface area contributed by atoms with Crippen LogP contribution in [0.3, 0.4) is 0 Å². The Hall–Kier alpha value is -2.64. The van der Waals surface area contributed by atoms with Gasteiger partial charge in [-0.05, 0) is 48.4 Å². The normalized spacial score (nSPS) is 17.6. The standard InChI is InChI=1S/C23H29FN2O4/c1-3-20-15-30-11-10-26(20)22-9-4-16(17(14-29-2)13-23(27)28)12-21(22)25-19-7-5-18(24)6-8-19/h4-9,12,17,20,25H,3,10-11,13-15H2,1-2H3,(H,27,28)/t17-,20?/m1/s1. The number of carbonyl (C=O) groups is 1. The van der Waals surface area contributed by atoms with Crippen LogP contribution in [0.15, 0.2) is 42.5 Å². The van der Waals surface area contributed by atoms with Crippen molar-refractivity contribution in [3.05, 3.63) is 53.8 Å². The summed E-state index contributed by atoms with van der Waals surface area (Å²) in [4.78, 5) is 13.7. The largest absolute Gasteiger partial charge is 0.481 e. The molecule has 2 atom stereocenters. The predicted molar refractivity (Wildman–Crippen MR) is 115 cm³/mol. The fraction of sp³-hybridized carbons (Fsp3) is 0.435. The van der Waals surface area contributed by atoms with Crippen molar-refractivity contribution in [3.8, 4) is 0 Å². The summed E-state index contributed by atoms with van der Waals surface area (Å²) in [6.45, 7) is 4.54. The van der Waals surface area contributed by atoms with E-state index in [1.165, 1.54) is 12.1 Å². The molecule has 30 heavy (non-hydrogen) atoms. The van der Waals surface area contributed by atoms with Gasteiger partial charge < -0.3 is 24.8 Å². The molecule has 0 amide bonds. The van der Waals surface area contributed by atoms with E-state index in [-0.39, 0.29) is 24.2 Å². The third-order valence-electron chi connectivity index (χ3n) is 5.41. The topological polar surface area (TPSA) is 71.0 Å². The molecule has 1 heterocycles. The fourth-order valence-electron chi connectivity index (χ4n) is 3.84. The minimum Gasteiger partial charge on any atom is -0.481 e. The van der Waals surface area contributed by atoms with Crippen LogP contribution < -0.4 is 10.2 Å². The number of hydrogen-bond acceptors (Lipinski definition) is 5. The number of methoxy groups -OCH3 is 1. The summed E-state index contributed by atoms with van der Waals surface area (Å²) >= 11 is 0. The van der Waals surface area contributed by atoms with E-state index in [9.17, 15) is 14.3 Å². The maximum Gasteiger partial charge on any atom is 0.304 e. The molecule has 0 bridgehead atoms. The van der Waals surface area contributed by atoms with Crippen molar-refractivity contribution in [2.24, 2.45) is 0 Å². The first-order chi connectivity index (χ1) is 14.5. The Kier molecular flexibility index (Phi) is 7.65. The van der Waals surface area contributed by atoms with Gasteiger partial charge in [-0.25, -0.2) is 4.39 Å². The molecule has 0 radical (unpaired) electrons. The summed E-state index contributed by atoms with van der Waals surface area (Å²) in [5.41, 5.74) is 3.52. The van der Waals surface area contributed by atoms with Crippen molar-refractivity contribution in [1.82, 2.24) is 0 Å². The average molecular weight is 416 g/mol. The van der Waals surface area contributed by atoms with E-state index < -0.39 is 5.97 Å². The van der Waals surface area contributed by atoms with E-state index in [1.807, 2.05) is 18.2 Å². The quantitative estimate of drug-likeness (QED) is 0.632. The van der Waals surface area contributed by atoms with Crippen molar-refractivity contribution in [3.63, 3.8) is 0 Å². The van der Waals surface area contributed by atoms with E-state index in [4.69, 9.17) is 9.47 Å². The van der Waals surface area contributed by atoms with Crippen LogP contribution in [0.5, 0.6) is 0 Å². The van der Waals surface area contributed by atoms with Gasteiger partial charge in [0.25, 0.3) is 0 Å². The van der Waals surface area contributed by atoms with Gasteiger partial charge >= 0.3 is 5.97 Å². The predicted octanol–water partition coefficient (Wildman–Crippen LogP) is 4.39. The zero-order chi connectivity index (χ0) is 21.5. The summed E-state index contributed by atoms with van der Waals surface area (Å²) in [5.74, 6) is -1.43. The van der Waals surface area contributed by atoms with Gasteiger partial charge in [0.1, 0.15) is 5.82 Å². The van der Waals surface area contributed by atoms with Gasteiger partial charge in [0.15, 0.2) is 0 Å². The van der Waals surface area contributed by atoms with Gasteiger partial charge in [0, 0.05) is 25.3 Å². The smallest absolute Gasteiger partial charge is 0.304 e. The summed E-state index contributed by atoms with van der Waals surface area (Å²) in [5, 5.41) is 12.7. The number of rotatable bonds is 9. The van der Waals surface area contributed by atoms with Crippen molar-refractivity contribution in [2.75, 3.05) is 43.7 Å². The number of carboxylic acids is 1.